The molecule has 1 aromatic rings. The monoisotopic (exact) mass is 367 g/mol. The number of morpholine rings is 1. The van der Waals surface area contributed by atoms with Crippen LogP contribution >= 0.6 is 11.6 Å². The number of anilines is 2. The molecule has 8 nitrogen and oxygen atoms in total. The van der Waals surface area contributed by atoms with Crippen LogP contribution in [0.15, 0.2) is 6.20 Å². The van der Waals surface area contributed by atoms with Gasteiger partial charge in [-0.25, -0.2) is 4.98 Å². The van der Waals surface area contributed by atoms with Crippen molar-refractivity contribution in [2.45, 2.75) is 24.9 Å². The van der Waals surface area contributed by atoms with Gasteiger partial charge in [-0.3, -0.25) is 4.79 Å². The van der Waals surface area contributed by atoms with E-state index in [0.717, 1.165) is 30.9 Å². The highest BCUT2D eigenvalue weighted by molar-refractivity contribution is 6.28. The SMILES string of the molecule is O=C(CN1CC2COCCN2c2nc(Cl)ncc21)NC1CCOCC1. The fraction of sp³-hybridized carbons (Fsp3) is 0.688. The zero-order chi connectivity index (χ0) is 17.2. The highest BCUT2D eigenvalue weighted by atomic mass is 35.5. The number of fused-ring (bicyclic) bond motifs is 3. The maximum absolute atomic E-state index is 12.5. The quantitative estimate of drug-likeness (QED) is 0.777. The molecule has 0 spiro atoms. The van der Waals surface area contributed by atoms with Crippen LogP contribution in [-0.2, 0) is 14.3 Å². The van der Waals surface area contributed by atoms with Crippen LogP contribution < -0.4 is 15.1 Å². The number of amides is 1. The Bertz CT molecular complexity index is 640. The molecule has 9 heteroatoms. The number of carbonyl (C=O) groups is 1. The standard InChI is InChI=1S/C16H22ClN5O3/c17-16-18-7-13-15(20-16)22-3-6-25-10-12(22)8-21(13)9-14(23)19-11-1-4-24-5-2-11/h7,11-12H,1-6,8-10H2,(H,19,23). The van der Waals surface area contributed by atoms with Gasteiger partial charge in [0, 0.05) is 32.3 Å². The predicted molar refractivity (Wildman–Crippen MR) is 93.2 cm³/mol. The first-order valence-corrected chi connectivity index (χ1v) is 9.07. The van der Waals surface area contributed by atoms with Gasteiger partial charge in [-0.05, 0) is 24.4 Å². The van der Waals surface area contributed by atoms with Crippen LogP contribution in [0.3, 0.4) is 0 Å². The number of hydrogen-bond acceptors (Lipinski definition) is 7. The predicted octanol–water partition coefficient (Wildman–Crippen LogP) is 0.450. The molecular formula is C16H22ClN5O3. The molecule has 3 aliphatic rings. The number of aromatic nitrogens is 2. The van der Waals surface area contributed by atoms with E-state index >= 15 is 0 Å². The van der Waals surface area contributed by atoms with Crippen LogP contribution in [0.5, 0.6) is 0 Å². The first-order chi connectivity index (χ1) is 12.2. The van der Waals surface area contributed by atoms with Gasteiger partial charge < -0.3 is 24.6 Å². The maximum Gasteiger partial charge on any atom is 0.239 e. The van der Waals surface area contributed by atoms with Crippen molar-refractivity contribution >= 4 is 29.0 Å². The van der Waals surface area contributed by atoms with Crippen molar-refractivity contribution < 1.29 is 14.3 Å². The van der Waals surface area contributed by atoms with Crippen LogP contribution in [0, 0.1) is 0 Å². The minimum absolute atomic E-state index is 0.0120. The summed E-state index contributed by atoms with van der Waals surface area (Å²) in [5, 5.41) is 3.33. The third-order valence-corrected chi connectivity index (χ3v) is 5.10. The van der Waals surface area contributed by atoms with Gasteiger partial charge in [0.1, 0.15) is 0 Å². The molecule has 0 aromatic carbocycles. The molecule has 4 heterocycles. The summed E-state index contributed by atoms with van der Waals surface area (Å²) in [4.78, 5) is 25.3. The Morgan fingerprint density at radius 1 is 1.32 bits per heavy atom. The number of hydrogen-bond donors (Lipinski definition) is 1. The van der Waals surface area contributed by atoms with E-state index < -0.39 is 0 Å². The summed E-state index contributed by atoms with van der Waals surface area (Å²) in [6.45, 7) is 4.46. The average molecular weight is 368 g/mol. The third kappa shape index (κ3) is 3.65. The van der Waals surface area contributed by atoms with Gasteiger partial charge in [-0.15, -0.1) is 0 Å². The molecule has 1 atom stereocenters. The molecule has 1 amide bonds. The summed E-state index contributed by atoms with van der Waals surface area (Å²) < 4.78 is 10.9. The Hall–Kier alpha value is -1.64. The molecule has 2 saturated heterocycles. The Labute approximate surface area is 151 Å². The zero-order valence-electron chi connectivity index (χ0n) is 14.0. The molecule has 0 aliphatic carbocycles. The smallest absolute Gasteiger partial charge is 0.239 e. The van der Waals surface area contributed by atoms with Gasteiger partial charge >= 0.3 is 0 Å². The van der Waals surface area contributed by atoms with E-state index in [4.69, 9.17) is 21.1 Å². The van der Waals surface area contributed by atoms with E-state index in [9.17, 15) is 4.79 Å². The van der Waals surface area contributed by atoms with Crippen molar-refractivity contribution in [3.8, 4) is 0 Å². The molecule has 1 aromatic heterocycles. The summed E-state index contributed by atoms with van der Waals surface area (Å²) in [7, 11) is 0. The highest BCUT2D eigenvalue weighted by Gasteiger charge is 2.35. The number of rotatable bonds is 3. The lowest BCUT2D eigenvalue weighted by atomic mass is 10.1. The molecule has 0 saturated carbocycles. The molecule has 136 valence electrons. The fourth-order valence-electron chi connectivity index (χ4n) is 3.66. The zero-order valence-corrected chi connectivity index (χ0v) is 14.7. The van der Waals surface area contributed by atoms with Crippen molar-refractivity contribution in [3.63, 3.8) is 0 Å². The summed E-state index contributed by atoms with van der Waals surface area (Å²) in [5.74, 6) is 0.802. The second-order valence-electron chi connectivity index (χ2n) is 6.60. The number of ether oxygens (including phenoxy) is 2. The van der Waals surface area contributed by atoms with Gasteiger partial charge in [-0.1, -0.05) is 0 Å². The van der Waals surface area contributed by atoms with E-state index in [-0.39, 0.29) is 29.8 Å². The number of nitrogens with one attached hydrogen (secondary N) is 1. The Morgan fingerprint density at radius 2 is 2.16 bits per heavy atom. The van der Waals surface area contributed by atoms with Gasteiger partial charge in [0.15, 0.2) is 5.82 Å². The first kappa shape index (κ1) is 16.8. The first-order valence-electron chi connectivity index (χ1n) is 8.69. The molecule has 0 bridgehead atoms. The second-order valence-corrected chi connectivity index (χ2v) is 6.94. The van der Waals surface area contributed by atoms with Crippen LogP contribution in [0.4, 0.5) is 11.5 Å². The number of nitrogens with zero attached hydrogens (tertiary/aromatic N) is 4. The van der Waals surface area contributed by atoms with E-state index in [0.29, 0.717) is 33.0 Å². The molecule has 2 fully saturated rings. The molecule has 1 N–H and O–H groups in total. The normalized spacial score (nSPS) is 23.8. The molecule has 1 unspecified atom stereocenters. The molecule has 25 heavy (non-hydrogen) atoms. The highest BCUT2D eigenvalue weighted by Crippen LogP contribution is 2.34. The van der Waals surface area contributed by atoms with Gasteiger partial charge in [0.2, 0.25) is 11.2 Å². The second kappa shape index (κ2) is 7.31. The van der Waals surface area contributed by atoms with E-state index in [1.165, 1.54) is 0 Å². The molecule has 3 aliphatic heterocycles. The van der Waals surface area contributed by atoms with Crippen molar-refractivity contribution in [3.05, 3.63) is 11.5 Å². The summed E-state index contributed by atoms with van der Waals surface area (Å²) >= 11 is 6.00. The van der Waals surface area contributed by atoms with Crippen molar-refractivity contribution in [2.24, 2.45) is 0 Å². The summed E-state index contributed by atoms with van der Waals surface area (Å²) in [6.07, 6.45) is 3.44. The number of carbonyl (C=O) groups excluding carboxylic acids is 1. The minimum atomic E-state index is 0.0120. The van der Waals surface area contributed by atoms with Crippen LogP contribution in [-0.4, -0.2) is 74.0 Å². The van der Waals surface area contributed by atoms with Crippen LogP contribution in [0.1, 0.15) is 12.8 Å². The summed E-state index contributed by atoms with van der Waals surface area (Å²) in [6, 6.07) is 0.365. The largest absolute Gasteiger partial charge is 0.381 e. The van der Waals surface area contributed by atoms with Gasteiger partial charge in [0.25, 0.3) is 0 Å². The third-order valence-electron chi connectivity index (χ3n) is 4.91. The lowest BCUT2D eigenvalue weighted by molar-refractivity contribution is -0.121. The fourth-order valence-corrected chi connectivity index (χ4v) is 3.78. The van der Waals surface area contributed by atoms with E-state index in [1.807, 2.05) is 4.90 Å². The minimum Gasteiger partial charge on any atom is -0.381 e. The summed E-state index contributed by atoms with van der Waals surface area (Å²) in [5.41, 5.74) is 0.852. The topological polar surface area (TPSA) is 79.8 Å². The van der Waals surface area contributed by atoms with Crippen LogP contribution in [0.25, 0.3) is 0 Å². The Morgan fingerprint density at radius 3 is 3.00 bits per heavy atom. The Balaban J connectivity index is 1.50. The molecule has 4 rings (SSSR count). The average Bonchev–Trinajstić information content (AvgIpc) is 2.62. The van der Waals surface area contributed by atoms with Crippen molar-refractivity contribution in [1.82, 2.24) is 15.3 Å². The lowest BCUT2D eigenvalue weighted by Crippen LogP contribution is -2.57. The maximum atomic E-state index is 12.5. The Kier molecular flexibility index (Phi) is 4.91. The van der Waals surface area contributed by atoms with E-state index in [1.54, 1.807) is 6.20 Å². The van der Waals surface area contributed by atoms with Crippen molar-refractivity contribution in [2.75, 3.05) is 55.9 Å². The van der Waals surface area contributed by atoms with Crippen LogP contribution in [0.2, 0.25) is 5.28 Å². The molecule has 0 radical (unpaired) electrons. The lowest BCUT2D eigenvalue weighted by Gasteiger charge is -2.45. The number of halogens is 1. The van der Waals surface area contributed by atoms with E-state index in [2.05, 4.69) is 20.2 Å². The van der Waals surface area contributed by atoms with Gasteiger partial charge in [-0.2, -0.15) is 4.98 Å². The van der Waals surface area contributed by atoms with Gasteiger partial charge in [0.05, 0.1) is 37.7 Å². The molecular weight excluding hydrogens is 346 g/mol. The van der Waals surface area contributed by atoms with Crippen molar-refractivity contribution in [1.29, 1.82) is 0 Å².